The van der Waals surface area contributed by atoms with Crippen LogP contribution in [0.1, 0.15) is 17.3 Å². The molecule has 23 heavy (non-hydrogen) atoms. The van der Waals surface area contributed by atoms with Crippen LogP contribution < -0.4 is 4.90 Å². The van der Waals surface area contributed by atoms with Gasteiger partial charge in [-0.1, -0.05) is 66.7 Å². The van der Waals surface area contributed by atoms with Crippen molar-refractivity contribution in [3.63, 3.8) is 0 Å². The third-order valence-corrected chi connectivity index (χ3v) is 3.87. The number of nitrogens with zero attached hydrogens (tertiary/aromatic N) is 1. The first-order valence-corrected chi connectivity index (χ1v) is 7.82. The van der Waals surface area contributed by atoms with Crippen LogP contribution in [0.5, 0.6) is 0 Å². The van der Waals surface area contributed by atoms with Gasteiger partial charge in [-0.25, -0.2) is 0 Å². The van der Waals surface area contributed by atoms with E-state index in [9.17, 15) is 4.79 Å². The number of carbonyl (C=O) groups excluding carboxylic acids is 1. The van der Waals surface area contributed by atoms with Crippen molar-refractivity contribution in [2.75, 3.05) is 11.4 Å². The average molecular weight is 301 g/mol. The number of anilines is 1. The predicted molar refractivity (Wildman–Crippen MR) is 95.7 cm³/mol. The number of carbonyl (C=O) groups is 1. The van der Waals surface area contributed by atoms with Gasteiger partial charge >= 0.3 is 0 Å². The molecule has 0 aliphatic heterocycles. The fraction of sp³-hybridized carbons (Fsp3) is 0.0952. The Kier molecular flexibility index (Phi) is 4.53. The molecule has 0 fully saturated rings. The van der Waals surface area contributed by atoms with Crippen molar-refractivity contribution in [1.29, 1.82) is 0 Å². The zero-order valence-electron chi connectivity index (χ0n) is 13.1. The summed E-state index contributed by atoms with van der Waals surface area (Å²) in [6, 6.07) is 27.6. The molecule has 0 bridgehead atoms. The Balaban J connectivity index is 2.03. The molecule has 3 rings (SSSR count). The monoisotopic (exact) mass is 301 g/mol. The van der Waals surface area contributed by atoms with Gasteiger partial charge in [-0.2, -0.15) is 0 Å². The summed E-state index contributed by atoms with van der Waals surface area (Å²) in [5.74, 6) is 0.0261. The minimum Gasteiger partial charge on any atom is -0.309 e. The van der Waals surface area contributed by atoms with Crippen molar-refractivity contribution in [3.05, 3.63) is 90.5 Å². The molecule has 0 aromatic heterocycles. The molecule has 0 heterocycles. The Hall–Kier alpha value is -2.87. The number of hydrogen-bond donors (Lipinski definition) is 0. The van der Waals surface area contributed by atoms with E-state index < -0.39 is 0 Å². The first-order chi connectivity index (χ1) is 11.3. The molecule has 0 aliphatic carbocycles. The average Bonchev–Trinajstić information content (AvgIpc) is 2.64. The van der Waals surface area contributed by atoms with E-state index in [-0.39, 0.29) is 5.91 Å². The van der Waals surface area contributed by atoms with Gasteiger partial charge in [0, 0.05) is 17.8 Å². The first-order valence-electron chi connectivity index (χ1n) is 7.82. The summed E-state index contributed by atoms with van der Waals surface area (Å²) in [7, 11) is 0. The van der Waals surface area contributed by atoms with Crippen LogP contribution in [-0.4, -0.2) is 12.5 Å². The molecule has 0 unspecified atom stereocenters. The van der Waals surface area contributed by atoms with E-state index in [2.05, 4.69) is 0 Å². The van der Waals surface area contributed by atoms with Gasteiger partial charge in [0.1, 0.15) is 0 Å². The maximum absolute atomic E-state index is 13.1. The molecule has 1 amide bonds. The van der Waals surface area contributed by atoms with Crippen LogP contribution in [0.25, 0.3) is 11.1 Å². The van der Waals surface area contributed by atoms with E-state index in [1.54, 1.807) is 0 Å². The van der Waals surface area contributed by atoms with E-state index in [0.29, 0.717) is 6.54 Å². The number of benzene rings is 3. The van der Waals surface area contributed by atoms with Crippen LogP contribution >= 0.6 is 0 Å². The molecular weight excluding hydrogens is 282 g/mol. The van der Waals surface area contributed by atoms with Crippen molar-refractivity contribution in [2.24, 2.45) is 0 Å². The lowest BCUT2D eigenvalue weighted by Gasteiger charge is -2.22. The van der Waals surface area contributed by atoms with Gasteiger partial charge in [-0.15, -0.1) is 0 Å². The van der Waals surface area contributed by atoms with Gasteiger partial charge < -0.3 is 4.90 Å². The van der Waals surface area contributed by atoms with Crippen LogP contribution in [0.2, 0.25) is 0 Å². The van der Waals surface area contributed by atoms with E-state index in [1.807, 2.05) is 96.8 Å². The second kappa shape index (κ2) is 6.93. The molecule has 2 heteroatoms. The predicted octanol–water partition coefficient (Wildman–Crippen LogP) is 5.02. The first kappa shape index (κ1) is 15.0. The zero-order valence-corrected chi connectivity index (χ0v) is 13.1. The number of rotatable bonds is 4. The normalized spacial score (nSPS) is 10.3. The van der Waals surface area contributed by atoms with Crippen molar-refractivity contribution in [2.45, 2.75) is 6.92 Å². The minimum absolute atomic E-state index is 0.0261. The van der Waals surface area contributed by atoms with Gasteiger partial charge in [0.05, 0.1) is 0 Å². The summed E-state index contributed by atoms with van der Waals surface area (Å²) < 4.78 is 0. The molecule has 0 radical (unpaired) electrons. The topological polar surface area (TPSA) is 20.3 Å². The fourth-order valence-electron chi connectivity index (χ4n) is 2.74. The summed E-state index contributed by atoms with van der Waals surface area (Å²) in [6.07, 6.45) is 0. The molecule has 0 aliphatic rings. The fourth-order valence-corrected chi connectivity index (χ4v) is 2.74. The van der Waals surface area contributed by atoms with Crippen molar-refractivity contribution >= 4 is 11.6 Å². The highest BCUT2D eigenvalue weighted by atomic mass is 16.2. The van der Waals surface area contributed by atoms with E-state index in [4.69, 9.17) is 0 Å². The van der Waals surface area contributed by atoms with Crippen LogP contribution in [0.4, 0.5) is 5.69 Å². The molecule has 114 valence electrons. The molecule has 0 saturated carbocycles. The Bertz CT molecular complexity index is 781. The Morgan fingerprint density at radius 3 is 2.00 bits per heavy atom. The highest BCUT2D eigenvalue weighted by Crippen LogP contribution is 2.26. The summed E-state index contributed by atoms with van der Waals surface area (Å²) >= 11 is 0. The molecule has 3 aromatic carbocycles. The van der Waals surface area contributed by atoms with Crippen LogP contribution in [0, 0.1) is 0 Å². The highest BCUT2D eigenvalue weighted by Gasteiger charge is 2.19. The summed E-state index contributed by atoms with van der Waals surface area (Å²) in [4.78, 5) is 14.9. The van der Waals surface area contributed by atoms with Gasteiger partial charge in [0.15, 0.2) is 0 Å². The van der Waals surface area contributed by atoms with Crippen molar-refractivity contribution < 1.29 is 4.79 Å². The molecule has 0 spiro atoms. The minimum atomic E-state index is 0.0261. The molecule has 0 N–H and O–H groups in total. The standard InChI is InChI=1S/C21H19NO/c1-2-22(18-13-7-4-8-14-18)21(23)20-16-10-9-15-19(20)17-11-5-3-6-12-17/h3-16H,2H2,1H3. The number of amides is 1. The van der Waals surface area contributed by atoms with E-state index >= 15 is 0 Å². The molecule has 3 aromatic rings. The molecule has 2 nitrogen and oxygen atoms in total. The van der Waals surface area contributed by atoms with Gasteiger partial charge in [-0.3, -0.25) is 4.79 Å². The third kappa shape index (κ3) is 3.16. The quantitative estimate of drug-likeness (QED) is 0.662. The Morgan fingerprint density at radius 2 is 1.35 bits per heavy atom. The second-order valence-corrected chi connectivity index (χ2v) is 5.30. The summed E-state index contributed by atoms with van der Waals surface area (Å²) in [5.41, 5.74) is 3.67. The number of hydrogen-bond acceptors (Lipinski definition) is 1. The summed E-state index contributed by atoms with van der Waals surface area (Å²) in [5, 5.41) is 0. The molecule has 0 saturated heterocycles. The molecular formula is C21H19NO. The lowest BCUT2D eigenvalue weighted by molar-refractivity contribution is 0.0989. The van der Waals surface area contributed by atoms with Gasteiger partial charge in [-0.05, 0) is 36.2 Å². The van der Waals surface area contributed by atoms with Crippen LogP contribution in [-0.2, 0) is 0 Å². The SMILES string of the molecule is CCN(C(=O)c1ccccc1-c1ccccc1)c1ccccc1. The Labute approximate surface area is 137 Å². The van der Waals surface area contributed by atoms with Crippen molar-refractivity contribution in [3.8, 4) is 11.1 Å². The van der Waals surface area contributed by atoms with Crippen LogP contribution in [0.3, 0.4) is 0 Å². The third-order valence-electron chi connectivity index (χ3n) is 3.87. The van der Waals surface area contributed by atoms with Gasteiger partial charge in [0.2, 0.25) is 0 Å². The van der Waals surface area contributed by atoms with Gasteiger partial charge in [0.25, 0.3) is 5.91 Å². The maximum atomic E-state index is 13.1. The highest BCUT2D eigenvalue weighted by molar-refractivity contribution is 6.10. The van der Waals surface area contributed by atoms with E-state index in [1.165, 1.54) is 0 Å². The molecule has 0 atom stereocenters. The van der Waals surface area contributed by atoms with Crippen LogP contribution in [0.15, 0.2) is 84.9 Å². The second-order valence-electron chi connectivity index (χ2n) is 5.30. The largest absolute Gasteiger partial charge is 0.309 e. The Morgan fingerprint density at radius 1 is 0.783 bits per heavy atom. The van der Waals surface area contributed by atoms with Crippen molar-refractivity contribution in [1.82, 2.24) is 0 Å². The van der Waals surface area contributed by atoms with E-state index in [0.717, 1.165) is 22.4 Å². The zero-order chi connectivity index (χ0) is 16.1. The summed E-state index contributed by atoms with van der Waals surface area (Å²) in [6.45, 7) is 2.63. The lowest BCUT2D eigenvalue weighted by Crippen LogP contribution is -2.30. The smallest absolute Gasteiger partial charge is 0.258 e. The maximum Gasteiger partial charge on any atom is 0.258 e. The lowest BCUT2D eigenvalue weighted by atomic mass is 9.98. The number of para-hydroxylation sites is 1.